The van der Waals surface area contributed by atoms with Gasteiger partial charge in [-0.15, -0.1) is 0 Å². The number of sulfonamides is 1. The lowest BCUT2D eigenvalue weighted by Crippen LogP contribution is -2.52. The van der Waals surface area contributed by atoms with Gasteiger partial charge in [-0.1, -0.05) is 43.2 Å². The van der Waals surface area contributed by atoms with Crippen LogP contribution in [0.15, 0.2) is 89.6 Å². The number of carbonyl (C=O) groups excluding carboxylic acids is 1. The molecule has 0 radical (unpaired) electrons. The molecule has 63 heavy (non-hydrogen) atoms. The summed E-state index contributed by atoms with van der Waals surface area (Å²) >= 11 is 6.24. The molecule has 2 unspecified atom stereocenters. The molecule has 4 heterocycles. The predicted molar refractivity (Wildman–Crippen MR) is 239 cm³/mol. The number of hydrogen-bond donors (Lipinski definition) is 3. The number of anilines is 2. The van der Waals surface area contributed by atoms with E-state index in [1.54, 1.807) is 24.4 Å². The van der Waals surface area contributed by atoms with E-state index in [0.717, 1.165) is 43.4 Å². The number of aromatic nitrogens is 2. The summed E-state index contributed by atoms with van der Waals surface area (Å²) in [5.41, 5.74) is 4.10. The molecule has 2 atom stereocenters. The van der Waals surface area contributed by atoms with Gasteiger partial charge in [0.25, 0.3) is 21.6 Å². The Morgan fingerprint density at radius 1 is 1.11 bits per heavy atom. The number of aromatic amines is 1. The van der Waals surface area contributed by atoms with Gasteiger partial charge < -0.3 is 29.4 Å². The summed E-state index contributed by atoms with van der Waals surface area (Å²) in [5.74, 6) is -1.96. The molecule has 15 nitrogen and oxygen atoms in total. The molecular formula is C45H49ClFN7O8S. The number of allylic oxidation sites excluding steroid dienone is 1. The van der Waals surface area contributed by atoms with Crippen LogP contribution in [0.3, 0.4) is 0 Å². The quantitative estimate of drug-likeness (QED) is 0.0763. The van der Waals surface area contributed by atoms with E-state index in [-0.39, 0.29) is 35.9 Å². The molecule has 8 rings (SSSR count). The van der Waals surface area contributed by atoms with Crippen molar-refractivity contribution in [2.24, 2.45) is 5.41 Å². The monoisotopic (exact) mass is 901 g/mol. The molecule has 1 amide bonds. The SMILES string of the molecule is CC1CN(c2ccc(C(=O)NS(=O)(=O)c3cc(F)c(NCC4COCCO4)c([N+](=O)[O-])c3)c(Oc3cnc4[nH]ccc4c3)c2)CCN1CC1=C(c2ccc(Cl)cc2)CCC(C)(C)C1. The van der Waals surface area contributed by atoms with E-state index < -0.39 is 49.0 Å². The molecule has 2 fully saturated rings. The number of ether oxygens (including phenoxy) is 3. The fourth-order valence-electron chi connectivity index (χ4n) is 8.50. The highest BCUT2D eigenvalue weighted by Crippen LogP contribution is 2.43. The highest BCUT2D eigenvalue weighted by Gasteiger charge is 2.33. The summed E-state index contributed by atoms with van der Waals surface area (Å²) in [4.78, 5) is 36.4. The van der Waals surface area contributed by atoms with Gasteiger partial charge in [0.05, 0.1) is 47.5 Å². The maximum atomic E-state index is 15.5. The van der Waals surface area contributed by atoms with Gasteiger partial charge in [0.15, 0.2) is 5.82 Å². The Bertz CT molecular complexity index is 2670. The molecular weight excluding hydrogens is 853 g/mol. The zero-order chi connectivity index (χ0) is 44.5. The molecule has 5 aromatic rings. The lowest BCUT2D eigenvalue weighted by atomic mass is 9.72. The van der Waals surface area contributed by atoms with Crippen LogP contribution in [0.2, 0.25) is 5.02 Å². The summed E-state index contributed by atoms with van der Waals surface area (Å²) in [7, 11) is -4.85. The molecule has 18 heteroatoms. The van der Waals surface area contributed by atoms with Crippen LogP contribution in [0.5, 0.6) is 11.5 Å². The Kier molecular flexibility index (Phi) is 12.8. The molecule has 2 saturated heterocycles. The molecule has 0 saturated carbocycles. The maximum absolute atomic E-state index is 15.5. The number of nitro groups is 1. The van der Waals surface area contributed by atoms with Crippen molar-refractivity contribution in [2.75, 3.05) is 62.8 Å². The van der Waals surface area contributed by atoms with Gasteiger partial charge in [0, 0.05) is 73.2 Å². The van der Waals surface area contributed by atoms with Crippen molar-refractivity contribution in [3.63, 3.8) is 0 Å². The van der Waals surface area contributed by atoms with E-state index in [0.29, 0.717) is 54.9 Å². The molecule has 0 bridgehead atoms. The zero-order valence-corrected chi connectivity index (χ0v) is 36.7. The minimum atomic E-state index is -4.85. The normalized spacial score (nSPS) is 19.5. The number of rotatable bonds is 13. The van der Waals surface area contributed by atoms with E-state index in [4.69, 9.17) is 25.8 Å². The van der Waals surface area contributed by atoms with Crippen LogP contribution < -0.4 is 19.7 Å². The molecule has 2 aliphatic heterocycles. The van der Waals surface area contributed by atoms with Crippen LogP contribution in [0.25, 0.3) is 16.6 Å². The van der Waals surface area contributed by atoms with Crippen LogP contribution in [-0.2, 0) is 19.5 Å². The Balaban J connectivity index is 1.03. The van der Waals surface area contributed by atoms with Crippen LogP contribution in [-0.4, -0.2) is 98.8 Å². The Hall–Kier alpha value is -5.59. The van der Waals surface area contributed by atoms with Crippen LogP contribution in [0, 0.1) is 21.3 Å². The Morgan fingerprint density at radius 3 is 2.67 bits per heavy atom. The van der Waals surface area contributed by atoms with E-state index in [1.165, 1.54) is 29.0 Å². The number of H-pyrrole nitrogens is 1. The fourth-order valence-corrected chi connectivity index (χ4v) is 9.63. The van der Waals surface area contributed by atoms with Crippen molar-refractivity contribution in [3.8, 4) is 11.5 Å². The second kappa shape index (κ2) is 18.3. The predicted octanol–water partition coefficient (Wildman–Crippen LogP) is 8.18. The lowest BCUT2D eigenvalue weighted by molar-refractivity contribution is -0.384. The highest BCUT2D eigenvalue weighted by molar-refractivity contribution is 7.90. The first-order valence-corrected chi connectivity index (χ1v) is 22.7. The topological polar surface area (TPSA) is 181 Å². The average Bonchev–Trinajstić information content (AvgIpc) is 3.72. The summed E-state index contributed by atoms with van der Waals surface area (Å²) in [5, 5.41) is 16.2. The highest BCUT2D eigenvalue weighted by atomic mass is 35.5. The summed E-state index contributed by atoms with van der Waals surface area (Å²) < 4.78 is 61.9. The second-order valence-corrected chi connectivity index (χ2v) is 19.1. The number of amides is 1. The molecule has 332 valence electrons. The first-order valence-electron chi connectivity index (χ1n) is 20.8. The molecule has 0 spiro atoms. The van der Waals surface area contributed by atoms with Gasteiger partial charge in [-0.3, -0.25) is 19.8 Å². The van der Waals surface area contributed by atoms with E-state index >= 15 is 4.39 Å². The third-order valence-electron chi connectivity index (χ3n) is 11.9. The van der Waals surface area contributed by atoms with Crippen molar-refractivity contribution in [1.82, 2.24) is 19.6 Å². The van der Waals surface area contributed by atoms with Gasteiger partial charge in [0.1, 0.15) is 22.8 Å². The lowest BCUT2D eigenvalue weighted by Gasteiger charge is -2.43. The molecule has 1 aliphatic carbocycles. The van der Waals surface area contributed by atoms with Crippen LogP contribution in [0.4, 0.5) is 21.5 Å². The van der Waals surface area contributed by atoms with Crippen molar-refractivity contribution in [1.29, 1.82) is 0 Å². The minimum absolute atomic E-state index is 0.0246. The summed E-state index contributed by atoms with van der Waals surface area (Å²) in [6.45, 7) is 10.7. The number of piperazine rings is 1. The minimum Gasteiger partial charge on any atom is -0.455 e. The number of carbonyl (C=O) groups is 1. The van der Waals surface area contributed by atoms with Gasteiger partial charge in [-0.05, 0) is 85.2 Å². The molecule has 3 aromatic carbocycles. The molecule has 3 aliphatic rings. The standard InChI is InChI=1S/C45H49ClFN7O8S/c1-28-25-53(15-14-52(28)26-31-22-45(2,3)12-10-37(31)29-4-6-32(46)7-5-29)33-8-9-38(41(19-33)62-34-18-30-11-13-48-43(30)50-23-34)44(55)51-63(58,59)36-20-39(47)42(40(21-36)54(56)57)49-24-35-27-60-16-17-61-35/h4-9,11,13,18-21,23,28,35,49H,10,12,14-17,22,24-27H2,1-3H3,(H,48,50)(H,51,55). The second-order valence-electron chi connectivity index (χ2n) is 17.0. The van der Waals surface area contributed by atoms with Gasteiger partial charge in [-0.2, -0.15) is 0 Å². The van der Waals surface area contributed by atoms with Crippen molar-refractivity contribution in [2.45, 2.75) is 57.1 Å². The number of hydrogen-bond acceptors (Lipinski definition) is 12. The number of pyridine rings is 1. The average molecular weight is 902 g/mol. The Morgan fingerprint density at radius 2 is 1.92 bits per heavy atom. The van der Waals surface area contributed by atoms with Gasteiger partial charge in [0.2, 0.25) is 0 Å². The smallest absolute Gasteiger partial charge is 0.296 e. The third kappa shape index (κ3) is 10.1. The fraction of sp³-hybridized carbons (Fsp3) is 0.378. The van der Waals surface area contributed by atoms with Crippen molar-refractivity contribution >= 4 is 61.2 Å². The van der Waals surface area contributed by atoms with Crippen molar-refractivity contribution in [3.05, 3.63) is 117 Å². The van der Waals surface area contributed by atoms with E-state index in [1.807, 2.05) is 22.9 Å². The number of halogens is 2. The van der Waals surface area contributed by atoms with E-state index in [2.05, 4.69) is 58.0 Å². The molecule has 3 N–H and O–H groups in total. The first kappa shape index (κ1) is 44.0. The van der Waals surface area contributed by atoms with Gasteiger partial charge in [-0.25, -0.2) is 22.5 Å². The van der Waals surface area contributed by atoms with Crippen LogP contribution >= 0.6 is 11.6 Å². The number of nitro benzene ring substituents is 1. The molecule has 2 aromatic heterocycles. The number of fused-ring (bicyclic) bond motifs is 1. The zero-order valence-electron chi connectivity index (χ0n) is 35.2. The third-order valence-corrected chi connectivity index (χ3v) is 13.4. The summed E-state index contributed by atoms with van der Waals surface area (Å²) in [6, 6.07) is 18.0. The van der Waals surface area contributed by atoms with Crippen LogP contribution in [0.1, 0.15) is 56.0 Å². The number of nitrogens with one attached hydrogen (secondary N) is 3. The number of nitrogens with zero attached hydrogens (tertiary/aromatic N) is 4. The van der Waals surface area contributed by atoms with E-state index in [9.17, 15) is 23.3 Å². The largest absolute Gasteiger partial charge is 0.455 e. The number of benzene rings is 3. The van der Waals surface area contributed by atoms with Gasteiger partial charge >= 0.3 is 0 Å². The maximum Gasteiger partial charge on any atom is 0.296 e. The Labute approximate surface area is 369 Å². The summed E-state index contributed by atoms with van der Waals surface area (Å²) in [6.07, 6.45) is 5.83. The van der Waals surface area contributed by atoms with Crippen molar-refractivity contribution < 1.29 is 36.7 Å². The first-order chi connectivity index (χ1) is 30.1.